The first-order valence-electron chi connectivity index (χ1n) is 12.6. The van der Waals surface area contributed by atoms with Crippen molar-refractivity contribution < 1.29 is 18.0 Å². The molecule has 4 aliphatic carbocycles. The Morgan fingerprint density at radius 3 is 2.31 bits per heavy atom. The van der Waals surface area contributed by atoms with Gasteiger partial charge in [-0.3, -0.25) is 4.79 Å². The van der Waals surface area contributed by atoms with E-state index in [1.165, 1.54) is 25.5 Å². The first-order valence-corrected chi connectivity index (χ1v) is 12.6. The molecule has 0 radical (unpaired) electrons. The predicted molar refractivity (Wildman–Crippen MR) is 127 cm³/mol. The van der Waals surface area contributed by atoms with E-state index in [1.807, 2.05) is 43.3 Å². The molecule has 2 atom stereocenters. The van der Waals surface area contributed by atoms with E-state index in [-0.39, 0.29) is 29.2 Å². The number of nitrogens with one attached hydrogen (secondary N) is 2. The molecule has 5 aliphatic rings. The van der Waals surface area contributed by atoms with Gasteiger partial charge in [-0.25, -0.2) is 4.68 Å². The molecule has 0 saturated heterocycles. The van der Waals surface area contributed by atoms with Crippen molar-refractivity contribution in [1.29, 1.82) is 0 Å². The van der Waals surface area contributed by atoms with Crippen LogP contribution in [0.15, 0.2) is 30.5 Å². The van der Waals surface area contributed by atoms with Crippen molar-refractivity contribution in [1.82, 2.24) is 15.1 Å². The smallest absolute Gasteiger partial charge is 0.377 e. The van der Waals surface area contributed by atoms with E-state index in [9.17, 15) is 18.0 Å². The largest absolute Gasteiger partial charge is 0.410 e. The number of halogens is 3. The maximum absolute atomic E-state index is 14.2. The molecule has 1 aromatic carbocycles. The molecule has 2 aromatic rings. The Labute approximate surface area is 203 Å². The van der Waals surface area contributed by atoms with Crippen molar-refractivity contribution in [2.24, 2.45) is 17.8 Å². The molecule has 4 bridgehead atoms. The quantitative estimate of drug-likeness (QED) is 0.614. The molecule has 7 rings (SSSR count). The summed E-state index contributed by atoms with van der Waals surface area (Å²) in [5, 5.41) is 10.6. The lowest BCUT2D eigenvalue weighted by Crippen LogP contribution is -2.59. The third-order valence-electron chi connectivity index (χ3n) is 8.69. The lowest BCUT2D eigenvalue weighted by atomic mass is 9.53. The second-order valence-electron chi connectivity index (χ2n) is 11.4. The third kappa shape index (κ3) is 3.87. The van der Waals surface area contributed by atoms with Crippen LogP contribution in [-0.4, -0.2) is 41.5 Å². The summed E-state index contributed by atoms with van der Waals surface area (Å²) < 4.78 is 43.5. The fourth-order valence-electron chi connectivity index (χ4n) is 7.69. The number of rotatable bonds is 4. The predicted octanol–water partition coefficient (Wildman–Crippen LogP) is 5.31. The van der Waals surface area contributed by atoms with Crippen LogP contribution in [0.25, 0.3) is 0 Å². The number of carbonyl (C=O) groups is 1. The van der Waals surface area contributed by atoms with E-state index < -0.39 is 18.3 Å². The van der Waals surface area contributed by atoms with Crippen molar-refractivity contribution in [3.63, 3.8) is 0 Å². The standard InChI is InChI=1S/C26H32F3N5O/c1-33(2)21-6-4-3-5-18(21)20-10-22(26(27,28)29)34-23(31-20)19(14-30-34)24(35)32-25-11-15-7-16(12-25)9-17(8-15)13-25/h3-6,14-17,20,22,31H,7-13H2,1-2H3,(H,32,35)/t15?,16?,17?,20-,22+,25?/m1/s1. The highest BCUT2D eigenvalue weighted by atomic mass is 19.4. The van der Waals surface area contributed by atoms with E-state index in [2.05, 4.69) is 15.7 Å². The van der Waals surface area contributed by atoms with Gasteiger partial charge in [-0.1, -0.05) is 18.2 Å². The minimum atomic E-state index is -4.48. The number of para-hydroxylation sites is 1. The van der Waals surface area contributed by atoms with Crippen LogP contribution >= 0.6 is 0 Å². The molecular formula is C26H32F3N5O. The van der Waals surface area contributed by atoms with Crippen LogP contribution in [0.1, 0.15) is 73.0 Å². The van der Waals surface area contributed by atoms with Crippen LogP contribution < -0.4 is 15.5 Å². The van der Waals surface area contributed by atoms with Crippen LogP contribution in [0.3, 0.4) is 0 Å². The second kappa shape index (κ2) is 7.90. The number of benzene rings is 1. The fraction of sp³-hybridized carbons (Fsp3) is 0.615. The van der Waals surface area contributed by atoms with Crippen LogP contribution in [0.2, 0.25) is 0 Å². The summed E-state index contributed by atoms with van der Waals surface area (Å²) in [4.78, 5) is 15.4. The summed E-state index contributed by atoms with van der Waals surface area (Å²) in [6.07, 6.45) is 3.31. The van der Waals surface area contributed by atoms with Crippen molar-refractivity contribution in [3.05, 3.63) is 41.6 Å². The van der Waals surface area contributed by atoms with Crippen LogP contribution in [-0.2, 0) is 0 Å². The average Bonchev–Trinajstić information content (AvgIpc) is 3.20. The van der Waals surface area contributed by atoms with E-state index in [1.54, 1.807) is 0 Å². The molecule has 4 saturated carbocycles. The maximum Gasteiger partial charge on any atom is 0.410 e. The number of hydrogen-bond donors (Lipinski definition) is 2. The monoisotopic (exact) mass is 487 g/mol. The van der Waals surface area contributed by atoms with Crippen molar-refractivity contribution in [3.8, 4) is 0 Å². The molecule has 1 amide bonds. The second-order valence-corrected chi connectivity index (χ2v) is 11.4. The van der Waals surface area contributed by atoms with E-state index in [0.717, 1.165) is 35.2 Å². The number of alkyl halides is 3. The van der Waals surface area contributed by atoms with Crippen molar-refractivity contribution in [2.75, 3.05) is 24.3 Å². The highest BCUT2D eigenvalue weighted by Crippen LogP contribution is 2.56. The molecule has 0 unspecified atom stereocenters. The summed E-state index contributed by atoms with van der Waals surface area (Å²) in [5.74, 6) is 1.80. The van der Waals surface area contributed by atoms with E-state index in [4.69, 9.17) is 0 Å². The van der Waals surface area contributed by atoms with Gasteiger partial charge in [0.25, 0.3) is 5.91 Å². The van der Waals surface area contributed by atoms with Crippen molar-refractivity contribution >= 4 is 17.4 Å². The maximum atomic E-state index is 14.2. The summed E-state index contributed by atoms with van der Waals surface area (Å²) in [6, 6.07) is 5.04. The lowest BCUT2D eigenvalue weighted by molar-refractivity contribution is -0.173. The lowest BCUT2D eigenvalue weighted by Gasteiger charge is -2.56. The molecule has 1 aromatic heterocycles. The number of carbonyl (C=O) groups excluding carboxylic acids is 1. The van der Waals surface area contributed by atoms with Gasteiger partial charge >= 0.3 is 6.18 Å². The zero-order valence-corrected chi connectivity index (χ0v) is 20.1. The third-order valence-corrected chi connectivity index (χ3v) is 8.69. The van der Waals surface area contributed by atoms with Gasteiger partial charge in [-0.15, -0.1) is 0 Å². The van der Waals surface area contributed by atoms with Crippen LogP contribution in [0.5, 0.6) is 0 Å². The molecule has 2 heterocycles. The van der Waals surface area contributed by atoms with Gasteiger partial charge in [-0.05, 0) is 67.9 Å². The number of fused-ring (bicyclic) bond motifs is 1. The summed E-state index contributed by atoms with van der Waals surface area (Å²) in [5.41, 5.74) is 1.59. The first kappa shape index (κ1) is 22.7. The number of aromatic nitrogens is 2. The minimum Gasteiger partial charge on any atom is -0.377 e. The Balaban J connectivity index is 1.33. The summed E-state index contributed by atoms with van der Waals surface area (Å²) >= 11 is 0. The molecule has 0 spiro atoms. The Bertz CT molecular complexity index is 1100. The van der Waals surface area contributed by atoms with E-state index >= 15 is 0 Å². The van der Waals surface area contributed by atoms with E-state index in [0.29, 0.717) is 17.8 Å². The molecular weight excluding hydrogens is 455 g/mol. The zero-order valence-electron chi connectivity index (χ0n) is 20.1. The number of nitrogens with zero attached hydrogens (tertiary/aromatic N) is 3. The average molecular weight is 488 g/mol. The number of anilines is 2. The molecule has 4 fully saturated rings. The molecule has 188 valence electrons. The highest BCUT2D eigenvalue weighted by Gasteiger charge is 2.52. The molecule has 6 nitrogen and oxygen atoms in total. The van der Waals surface area contributed by atoms with Crippen LogP contribution in [0, 0.1) is 17.8 Å². The highest BCUT2D eigenvalue weighted by molar-refractivity contribution is 5.99. The SMILES string of the molecule is CN(C)c1ccccc1[C@H]1C[C@@H](C(F)(F)F)n2ncc(C(=O)NC34CC5CC(CC(C5)C3)C4)c2N1. The molecule has 1 aliphatic heterocycles. The Morgan fingerprint density at radius 2 is 1.71 bits per heavy atom. The van der Waals surface area contributed by atoms with Gasteiger partial charge in [0.1, 0.15) is 11.4 Å². The first-order chi connectivity index (χ1) is 16.6. The van der Waals surface area contributed by atoms with Gasteiger partial charge in [0.15, 0.2) is 6.04 Å². The van der Waals surface area contributed by atoms with Gasteiger partial charge < -0.3 is 15.5 Å². The summed E-state index contributed by atoms with van der Waals surface area (Å²) in [6.45, 7) is 0. The Hall–Kier alpha value is -2.71. The van der Waals surface area contributed by atoms with Gasteiger partial charge in [-0.2, -0.15) is 18.3 Å². The van der Waals surface area contributed by atoms with Gasteiger partial charge in [0, 0.05) is 31.7 Å². The molecule has 9 heteroatoms. The minimum absolute atomic E-state index is 0.152. The summed E-state index contributed by atoms with van der Waals surface area (Å²) in [7, 11) is 3.75. The van der Waals surface area contributed by atoms with Crippen LogP contribution in [0.4, 0.5) is 24.7 Å². The number of amides is 1. The Kier molecular flexibility index (Phi) is 5.13. The fourth-order valence-corrected chi connectivity index (χ4v) is 7.69. The van der Waals surface area contributed by atoms with Gasteiger partial charge in [0.2, 0.25) is 0 Å². The normalized spacial score (nSPS) is 33.2. The van der Waals surface area contributed by atoms with Crippen molar-refractivity contribution in [2.45, 2.75) is 68.7 Å². The van der Waals surface area contributed by atoms with Gasteiger partial charge in [0.05, 0.1) is 12.2 Å². The zero-order chi connectivity index (χ0) is 24.5. The number of hydrogen-bond acceptors (Lipinski definition) is 4. The molecule has 2 N–H and O–H groups in total. The topological polar surface area (TPSA) is 62.2 Å². The Morgan fingerprint density at radius 1 is 1.09 bits per heavy atom. The molecule has 35 heavy (non-hydrogen) atoms.